The molecule has 1 aromatic carbocycles. The quantitative estimate of drug-likeness (QED) is 0.474. The predicted molar refractivity (Wildman–Crippen MR) is 104 cm³/mol. The first-order valence-electron chi connectivity index (χ1n) is 9.74. The van der Waals surface area contributed by atoms with Gasteiger partial charge in [0.15, 0.2) is 0 Å². The maximum absolute atomic E-state index is 14.5. The Balaban J connectivity index is 1.55. The molecule has 2 heterocycles. The van der Waals surface area contributed by atoms with Crippen molar-refractivity contribution in [3.8, 4) is 0 Å². The van der Waals surface area contributed by atoms with Gasteiger partial charge in [0.25, 0.3) is 5.91 Å². The normalized spacial score (nSPS) is 19.4. The Morgan fingerprint density at radius 3 is 2.58 bits per heavy atom. The number of carbonyl (C=O) groups excluding carboxylic acids is 2. The minimum atomic E-state index is -4.69. The van der Waals surface area contributed by atoms with Gasteiger partial charge in [-0.1, -0.05) is 6.07 Å². The van der Waals surface area contributed by atoms with Crippen molar-refractivity contribution in [2.75, 3.05) is 5.32 Å². The monoisotopic (exact) mass is 434 g/mol. The van der Waals surface area contributed by atoms with E-state index in [1.807, 2.05) is 0 Å². The molecule has 1 fully saturated rings. The molecule has 31 heavy (non-hydrogen) atoms. The number of fused-ring (bicyclic) bond motifs is 1. The second kappa shape index (κ2) is 8.09. The van der Waals surface area contributed by atoms with Crippen LogP contribution in [0.4, 0.5) is 23.2 Å². The van der Waals surface area contributed by atoms with Crippen LogP contribution in [0.25, 0.3) is 10.9 Å². The molecule has 2 aromatic heterocycles. The van der Waals surface area contributed by atoms with Crippen LogP contribution in [0.15, 0.2) is 36.5 Å². The second-order valence-corrected chi connectivity index (χ2v) is 7.56. The topological polar surface area (TPSA) is 76.9 Å². The van der Waals surface area contributed by atoms with Crippen LogP contribution in [-0.4, -0.2) is 27.0 Å². The summed E-state index contributed by atoms with van der Waals surface area (Å²) in [4.78, 5) is 26.6. The lowest BCUT2D eigenvalue weighted by atomic mass is 9.87. The Kier molecular flexibility index (Phi) is 5.47. The number of nitrogens with zero attached hydrogens (tertiary/aromatic N) is 3. The highest BCUT2D eigenvalue weighted by Gasteiger charge is 2.33. The van der Waals surface area contributed by atoms with Crippen LogP contribution in [0.5, 0.6) is 0 Å². The molecule has 0 radical (unpaired) electrons. The lowest BCUT2D eigenvalue weighted by Crippen LogP contribution is -2.19. The average Bonchev–Trinajstić information content (AvgIpc) is 3.16. The zero-order valence-electron chi connectivity index (χ0n) is 16.2. The van der Waals surface area contributed by atoms with E-state index in [1.54, 1.807) is 10.9 Å². The molecule has 1 saturated carbocycles. The molecule has 0 saturated heterocycles. The summed E-state index contributed by atoms with van der Waals surface area (Å²) in [6.07, 6.45) is 1.11. The number of halogens is 4. The molecule has 0 spiro atoms. The number of alkyl halides is 3. The molecule has 1 aliphatic carbocycles. The van der Waals surface area contributed by atoms with Gasteiger partial charge in [-0.05, 0) is 43.9 Å². The maximum atomic E-state index is 14.5. The number of amides is 1. The van der Waals surface area contributed by atoms with Crippen LogP contribution in [-0.2, 0) is 11.0 Å². The number of aldehydes is 1. The molecule has 4 rings (SSSR count). The van der Waals surface area contributed by atoms with Crippen molar-refractivity contribution in [2.45, 2.75) is 37.9 Å². The van der Waals surface area contributed by atoms with Crippen molar-refractivity contribution in [2.24, 2.45) is 5.92 Å². The van der Waals surface area contributed by atoms with E-state index in [0.29, 0.717) is 10.9 Å². The van der Waals surface area contributed by atoms with E-state index < -0.39 is 29.3 Å². The molecule has 1 amide bonds. The second-order valence-electron chi connectivity index (χ2n) is 7.56. The summed E-state index contributed by atoms with van der Waals surface area (Å²) in [5, 5.41) is 7.26. The van der Waals surface area contributed by atoms with Gasteiger partial charge < -0.3 is 10.1 Å². The predicted octanol–water partition coefficient (Wildman–Crippen LogP) is 4.77. The van der Waals surface area contributed by atoms with Crippen molar-refractivity contribution >= 4 is 28.8 Å². The molecule has 1 N–H and O–H groups in total. The zero-order chi connectivity index (χ0) is 22.2. The number of hydrogen-bond donors (Lipinski definition) is 1. The number of nitrogens with one attached hydrogen (secondary N) is 1. The number of benzene rings is 1. The Morgan fingerprint density at radius 2 is 1.90 bits per heavy atom. The Bertz CT molecular complexity index is 1130. The van der Waals surface area contributed by atoms with Crippen molar-refractivity contribution in [1.82, 2.24) is 14.8 Å². The number of carbonyl (C=O) groups is 2. The van der Waals surface area contributed by atoms with Gasteiger partial charge in [0.2, 0.25) is 0 Å². The summed E-state index contributed by atoms with van der Waals surface area (Å²) in [5.41, 5.74) is -1.47. The highest BCUT2D eigenvalue weighted by Crippen LogP contribution is 2.33. The number of aromatic nitrogens is 3. The lowest BCUT2D eigenvalue weighted by molar-refractivity contribution is -0.141. The lowest BCUT2D eigenvalue weighted by Gasteiger charge is -2.25. The molecular formula is C21H18F4N4O2. The molecule has 10 heteroatoms. The molecule has 6 nitrogen and oxygen atoms in total. The first-order chi connectivity index (χ1) is 14.7. The standard InChI is InChI=1S/C21H18F4N4O2/c22-15-9-17-13(10-29(28-17)14-6-4-12(11-30)5-7-14)8-18(15)27-20(31)16-2-1-3-19(26-16)21(23,24)25/h1-3,8-12,14H,4-7H2,(H,27,31)/t12-,14-. The minimum absolute atomic E-state index is 0.0601. The molecule has 0 atom stereocenters. The van der Waals surface area contributed by atoms with E-state index >= 15 is 0 Å². The molecule has 3 aromatic rings. The van der Waals surface area contributed by atoms with Crippen LogP contribution < -0.4 is 5.32 Å². The SMILES string of the molecule is O=C[C@H]1CC[C@H](n2cc3cc(NC(=O)c4cccc(C(F)(F)F)n4)c(F)cc3n2)CC1. The zero-order valence-corrected chi connectivity index (χ0v) is 16.2. The highest BCUT2D eigenvalue weighted by atomic mass is 19.4. The van der Waals surface area contributed by atoms with Crippen LogP contribution in [0.2, 0.25) is 0 Å². The van der Waals surface area contributed by atoms with E-state index in [4.69, 9.17) is 0 Å². The summed E-state index contributed by atoms with van der Waals surface area (Å²) in [6.45, 7) is 0. The third-order valence-corrected chi connectivity index (χ3v) is 5.44. The largest absolute Gasteiger partial charge is 0.433 e. The smallest absolute Gasteiger partial charge is 0.318 e. The Hall–Kier alpha value is -3.30. The molecule has 0 aliphatic heterocycles. The molecule has 0 unspecified atom stereocenters. The minimum Gasteiger partial charge on any atom is -0.318 e. The van der Waals surface area contributed by atoms with E-state index in [1.165, 1.54) is 6.07 Å². The molecule has 1 aliphatic rings. The average molecular weight is 434 g/mol. The number of pyridine rings is 1. The van der Waals surface area contributed by atoms with Gasteiger partial charge in [0.05, 0.1) is 17.2 Å². The van der Waals surface area contributed by atoms with Gasteiger partial charge in [-0.3, -0.25) is 9.48 Å². The van der Waals surface area contributed by atoms with Crippen LogP contribution in [0.1, 0.15) is 47.9 Å². The van der Waals surface area contributed by atoms with Gasteiger partial charge in [-0.15, -0.1) is 0 Å². The maximum Gasteiger partial charge on any atom is 0.433 e. The molecule has 0 bridgehead atoms. The third kappa shape index (κ3) is 4.42. The number of hydrogen-bond acceptors (Lipinski definition) is 4. The highest BCUT2D eigenvalue weighted by molar-refractivity contribution is 6.03. The first kappa shape index (κ1) is 21.0. The van der Waals surface area contributed by atoms with E-state index in [-0.39, 0.29) is 17.6 Å². The Labute approximate surface area is 174 Å². The van der Waals surface area contributed by atoms with E-state index in [9.17, 15) is 27.2 Å². The summed E-state index contributed by atoms with van der Waals surface area (Å²) in [5.74, 6) is -1.66. The molecule has 162 valence electrons. The van der Waals surface area contributed by atoms with Gasteiger partial charge in [0, 0.05) is 23.6 Å². The first-order valence-corrected chi connectivity index (χ1v) is 9.74. The number of anilines is 1. The van der Waals surface area contributed by atoms with Gasteiger partial charge in [-0.2, -0.15) is 18.3 Å². The summed E-state index contributed by atoms with van der Waals surface area (Å²) >= 11 is 0. The van der Waals surface area contributed by atoms with Crippen molar-refractivity contribution in [3.05, 3.63) is 53.7 Å². The fourth-order valence-electron chi connectivity index (χ4n) is 3.76. The van der Waals surface area contributed by atoms with Crippen molar-refractivity contribution in [1.29, 1.82) is 0 Å². The fourth-order valence-corrected chi connectivity index (χ4v) is 3.76. The van der Waals surface area contributed by atoms with Gasteiger partial charge in [0.1, 0.15) is 23.5 Å². The van der Waals surface area contributed by atoms with Gasteiger partial charge >= 0.3 is 6.18 Å². The van der Waals surface area contributed by atoms with Crippen LogP contribution in [0, 0.1) is 11.7 Å². The third-order valence-electron chi connectivity index (χ3n) is 5.44. The fraction of sp³-hybridized carbons (Fsp3) is 0.333. The summed E-state index contributed by atoms with van der Waals surface area (Å²) in [7, 11) is 0. The number of rotatable bonds is 4. The van der Waals surface area contributed by atoms with Crippen LogP contribution in [0.3, 0.4) is 0 Å². The molecular weight excluding hydrogens is 416 g/mol. The summed E-state index contributed by atoms with van der Waals surface area (Å²) < 4.78 is 54.7. The van der Waals surface area contributed by atoms with Gasteiger partial charge in [-0.25, -0.2) is 9.37 Å². The van der Waals surface area contributed by atoms with Crippen molar-refractivity contribution < 1.29 is 27.2 Å². The van der Waals surface area contributed by atoms with Crippen molar-refractivity contribution in [3.63, 3.8) is 0 Å². The summed E-state index contributed by atoms with van der Waals surface area (Å²) in [6, 6.07) is 5.58. The van der Waals surface area contributed by atoms with E-state index in [2.05, 4.69) is 15.4 Å². The Morgan fingerprint density at radius 1 is 1.16 bits per heavy atom. The van der Waals surface area contributed by atoms with Crippen LogP contribution >= 0.6 is 0 Å². The van der Waals surface area contributed by atoms with E-state index in [0.717, 1.165) is 56.2 Å².